The van der Waals surface area contributed by atoms with E-state index in [0.29, 0.717) is 0 Å². The molecule has 14 aromatic carbocycles. The van der Waals surface area contributed by atoms with Crippen molar-refractivity contribution in [3.63, 3.8) is 0 Å². The van der Waals surface area contributed by atoms with Crippen molar-refractivity contribution in [2.45, 2.75) is 51.4 Å². The molecule has 2 heterocycles. The SMILES string of the molecule is c1ccc(-c2cc3ccccc3c3c2oc2c(N(c4cccc5c4CCCC5)c4ccc5ccc6c(N(c7cccc8c7CCCC8)c7cccc8c7oc7c(-c9ccccc9)cc9ccccc9c78)ccc7ccc4c5c76)cccc23)cc1. The molecule has 2 aliphatic rings. The standard InChI is InChI=1S/C80H56N2O2/c1-3-19-51(20-4-1)65-47-55-25-9-13-31-59(55)75-63-33-17-37-71(77(63)83-79(65)75)81(67-35-15-27-49-23-7-11-29-57(49)67)69-45-41-53-40-44-62-70(46-42-54-39-43-61(69)73(53)74(54)62)82(68-36-16-28-50-24-8-12-30-58(50)68)72-38-18-34-64-76-60-32-14-10-26-56(60)48-66(80(76)84-78(64)72)52-21-5-2-6-22-52/h1-6,9-10,13-22,25-28,31-48H,7-8,11-12,23-24,29-30H2. The maximum Gasteiger partial charge on any atom is 0.159 e. The number of nitrogens with zero attached hydrogens (tertiary/aromatic N) is 2. The summed E-state index contributed by atoms with van der Waals surface area (Å²) >= 11 is 0. The van der Waals surface area contributed by atoms with Gasteiger partial charge in [-0.25, -0.2) is 0 Å². The molecule has 4 nitrogen and oxygen atoms in total. The highest BCUT2D eigenvalue weighted by Gasteiger charge is 2.30. The van der Waals surface area contributed by atoms with Gasteiger partial charge in [-0.05, 0) is 176 Å². The van der Waals surface area contributed by atoms with Crippen molar-refractivity contribution in [3.8, 4) is 22.3 Å². The lowest BCUT2D eigenvalue weighted by Crippen LogP contribution is -2.16. The quantitative estimate of drug-likeness (QED) is 0.142. The Balaban J connectivity index is 0.905. The molecule has 4 heteroatoms. The first-order chi connectivity index (χ1) is 41.7. The highest BCUT2D eigenvalue weighted by Crippen LogP contribution is 2.54. The minimum Gasteiger partial charge on any atom is -0.453 e. The minimum atomic E-state index is 0.882. The van der Waals surface area contributed by atoms with Crippen LogP contribution in [0.2, 0.25) is 0 Å². The maximum absolute atomic E-state index is 7.48. The molecule has 0 saturated heterocycles. The molecule has 0 fully saturated rings. The first-order valence-corrected chi connectivity index (χ1v) is 30.1. The summed E-state index contributed by atoms with van der Waals surface area (Å²) in [4.78, 5) is 5.12. The number of benzene rings is 14. The Hall–Kier alpha value is -10.2. The van der Waals surface area contributed by atoms with Gasteiger partial charge in [0.2, 0.25) is 0 Å². The van der Waals surface area contributed by atoms with Crippen molar-refractivity contribution in [2.24, 2.45) is 0 Å². The maximum atomic E-state index is 7.48. The van der Waals surface area contributed by atoms with Crippen molar-refractivity contribution in [2.75, 3.05) is 9.80 Å². The Morgan fingerprint density at radius 2 is 0.643 bits per heavy atom. The number of furan rings is 2. The zero-order valence-electron chi connectivity index (χ0n) is 46.5. The Morgan fingerprint density at radius 1 is 0.250 bits per heavy atom. The summed E-state index contributed by atoms with van der Waals surface area (Å²) in [5.41, 5.74) is 20.5. The van der Waals surface area contributed by atoms with Gasteiger partial charge in [0.05, 0.1) is 22.7 Å². The highest BCUT2D eigenvalue weighted by atomic mass is 16.3. The number of para-hydroxylation sites is 2. The largest absolute Gasteiger partial charge is 0.453 e. The van der Waals surface area contributed by atoms with Gasteiger partial charge < -0.3 is 18.6 Å². The topological polar surface area (TPSA) is 32.8 Å². The van der Waals surface area contributed by atoms with Crippen molar-refractivity contribution >= 4 is 132 Å². The molecule has 0 unspecified atom stereocenters. The van der Waals surface area contributed by atoms with Crippen LogP contribution in [0.4, 0.5) is 34.1 Å². The Bertz CT molecular complexity index is 5010. The van der Waals surface area contributed by atoms with Gasteiger partial charge in [-0.2, -0.15) is 0 Å². The number of fused-ring (bicyclic) bond motifs is 12. The van der Waals surface area contributed by atoms with Crippen LogP contribution in [-0.2, 0) is 25.7 Å². The van der Waals surface area contributed by atoms with Crippen LogP contribution >= 0.6 is 0 Å². The predicted octanol–water partition coefficient (Wildman–Crippen LogP) is 22.7. The Labute approximate surface area is 486 Å². The van der Waals surface area contributed by atoms with Gasteiger partial charge in [-0.15, -0.1) is 0 Å². The van der Waals surface area contributed by atoms with E-state index in [4.69, 9.17) is 8.83 Å². The third-order valence-electron chi connectivity index (χ3n) is 18.9. The van der Waals surface area contributed by atoms with Crippen molar-refractivity contribution < 1.29 is 8.83 Å². The van der Waals surface area contributed by atoms with E-state index in [1.165, 1.54) is 100 Å². The molecule has 16 aromatic rings. The van der Waals surface area contributed by atoms with E-state index < -0.39 is 0 Å². The fourth-order valence-electron chi connectivity index (χ4n) is 15.2. The molecular formula is C80H56N2O2. The molecule has 18 rings (SSSR count). The lowest BCUT2D eigenvalue weighted by Gasteiger charge is -2.32. The van der Waals surface area contributed by atoms with Gasteiger partial charge in [0.15, 0.2) is 11.2 Å². The second-order valence-corrected chi connectivity index (χ2v) is 23.4. The van der Waals surface area contributed by atoms with E-state index in [0.717, 1.165) is 127 Å². The number of anilines is 6. The van der Waals surface area contributed by atoms with Crippen LogP contribution in [0, 0.1) is 0 Å². The summed E-state index contributed by atoms with van der Waals surface area (Å²) in [7, 11) is 0. The van der Waals surface area contributed by atoms with Gasteiger partial charge in [-0.3, -0.25) is 0 Å². The van der Waals surface area contributed by atoms with Gasteiger partial charge in [0.1, 0.15) is 11.2 Å². The zero-order chi connectivity index (χ0) is 55.0. The molecule has 398 valence electrons. The van der Waals surface area contributed by atoms with E-state index in [1.807, 2.05) is 0 Å². The summed E-state index contributed by atoms with van der Waals surface area (Å²) in [6.45, 7) is 0. The van der Waals surface area contributed by atoms with E-state index in [1.54, 1.807) is 0 Å². The molecule has 0 aliphatic heterocycles. The first kappa shape index (κ1) is 47.5. The van der Waals surface area contributed by atoms with Crippen molar-refractivity contribution in [1.29, 1.82) is 0 Å². The molecule has 0 amide bonds. The number of hydrogen-bond donors (Lipinski definition) is 0. The summed E-state index contributed by atoms with van der Waals surface area (Å²) in [5, 5.41) is 16.6. The number of rotatable bonds is 8. The van der Waals surface area contributed by atoms with E-state index >= 15 is 0 Å². The van der Waals surface area contributed by atoms with Crippen LogP contribution in [0.5, 0.6) is 0 Å². The molecular weight excluding hydrogens is 1020 g/mol. The fraction of sp³-hybridized carbons (Fsp3) is 0.100. The summed E-state index contributed by atoms with van der Waals surface area (Å²) in [5.74, 6) is 0. The van der Waals surface area contributed by atoms with Crippen molar-refractivity contribution in [1.82, 2.24) is 0 Å². The Kier molecular flexibility index (Phi) is 10.6. The molecule has 84 heavy (non-hydrogen) atoms. The van der Waals surface area contributed by atoms with Crippen LogP contribution < -0.4 is 9.80 Å². The molecule has 0 N–H and O–H groups in total. The van der Waals surface area contributed by atoms with Crippen LogP contribution in [0.1, 0.15) is 47.9 Å². The van der Waals surface area contributed by atoms with Gasteiger partial charge in [-0.1, -0.05) is 194 Å². The normalized spacial score (nSPS) is 13.6. The van der Waals surface area contributed by atoms with E-state index in [-0.39, 0.29) is 0 Å². The Morgan fingerprint density at radius 3 is 1.12 bits per heavy atom. The van der Waals surface area contributed by atoms with Crippen molar-refractivity contribution in [3.05, 3.63) is 265 Å². The average Bonchev–Trinajstić information content (AvgIpc) is 1.52. The van der Waals surface area contributed by atoms with Crippen LogP contribution in [0.3, 0.4) is 0 Å². The monoisotopic (exact) mass is 1080 g/mol. The molecule has 0 atom stereocenters. The number of aryl methyl sites for hydroxylation is 2. The molecule has 0 saturated carbocycles. The minimum absolute atomic E-state index is 0.882. The predicted molar refractivity (Wildman–Crippen MR) is 353 cm³/mol. The van der Waals surface area contributed by atoms with E-state index in [2.05, 4.69) is 252 Å². The lowest BCUT2D eigenvalue weighted by molar-refractivity contribution is 0.669. The zero-order valence-corrected chi connectivity index (χ0v) is 46.5. The molecule has 2 aliphatic carbocycles. The number of hydrogen-bond acceptors (Lipinski definition) is 4. The molecule has 0 spiro atoms. The van der Waals surface area contributed by atoms with Gasteiger partial charge in [0.25, 0.3) is 0 Å². The third kappa shape index (κ3) is 7.07. The van der Waals surface area contributed by atoms with E-state index in [9.17, 15) is 0 Å². The van der Waals surface area contributed by atoms with Gasteiger partial charge >= 0.3 is 0 Å². The first-order valence-electron chi connectivity index (χ1n) is 30.1. The molecule has 2 aromatic heterocycles. The fourth-order valence-corrected chi connectivity index (χ4v) is 15.2. The highest BCUT2D eigenvalue weighted by molar-refractivity contribution is 6.30. The summed E-state index contributed by atoms with van der Waals surface area (Å²) in [6.07, 6.45) is 8.92. The second kappa shape index (κ2) is 18.7. The van der Waals surface area contributed by atoms with Crippen LogP contribution in [-0.4, -0.2) is 0 Å². The van der Waals surface area contributed by atoms with Crippen LogP contribution in [0.15, 0.2) is 251 Å². The third-order valence-corrected chi connectivity index (χ3v) is 18.9. The van der Waals surface area contributed by atoms with Crippen LogP contribution in [0.25, 0.3) is 120 Å². The molecule has 0 radical (unpaired) electrons. The average molecular weight is 1080 g/mol. The lowest BCUT2D eigenvalue weighted by atomic mass is 9.88. The van der Waals surface area contributed by atoms with Gasteiger partial charge in [0, 0.05) is 54.8 Å². The summed E-state index contributed by atoms with van der Waals surface area (Å²) in [6, 6.07) is 90.2. The molecule has 0 bridgehead atoms. The summed E-state index contributed by atoms with van der Waals surface area (Å²) < 4.78 is 15.0. The second-order valence-electron chi connectivity index (χ2n) is 23.4. The smallest absolute Gasteiger partial charge is 0.159 e.